The number of carbonyl (C=O) groups excluding carboxylic acids is 2. The van der Waals surface area contributed by atoms with Crippen molar-refractivity contribution in [2.45, 2.75) is 32.6 Å². The molecule has 3 N–H and O–H groups in total. The summed E-state index contributed by atoms with van der Waals surface area (Å²) in [5.74, 6) is 0.117. The minimum Gasteiger partial charge on any atom is -0.507 e. The third-order valence-corrected chi connectivity index (χ3v) is 5.76. The average molecular weight is 382 g/mol. The number of aromatic nitrogens is 2. The van der Waals surface area contributed by atoms with Crippen LogP contribution in [0.4, 0.5) is 0 Å². The van der Waals surface area contributed by atoms with Crippen molar-refractivity contribution in [2.24, 2.45) is 0 Å². The highest BCUT2D eigenvalue weighted by Crippen LogP contribution is 2.40. The molecule has 1 aliphatic carbocycles. The number of rotatable bonds is 3. The van der Waals surface area contributed by atoms with E-state index < -0.39 is 11.8 Å². The Morgan fingerprint density at radius 1 is 1.11 bits per heavy atom. The SMILES string of the molecule is Cc1nc(C2CC2)nc2sc(C(=O)NNC(=O)c3ccccc3O)c(C)c12. The van der Waals surface area contributed by atoms with E-state index in [1.165, 1.54) is 23.5 Å². The number of thiophene rings is 1. The Morgan fingerprint density at radius 3 is 2.52 bits per heavy atom. The summed E-state index contributed by atoms with van der Waals surface area (Å²) < 4.78 is 0. The Kier molecular flexibility index (Phi) is 4.27. The number of nitrogens with one attached hydrogen (secondary N) is 2. The first kappa shape index (κ1) is 17.4. The van der Waals surface area contributed by atoms with E-state index in [-0.39, 0.29) is 11.3 Å². The second kappa shape index (κ2) is 6.62. The second-order valence-corrected chi connectivity index (χ2v) is 7.60. The molecule has 27 heavy (non-hydrogen) atoms. The van der Waals surface area contributed by atoms with Crippen LogP contribution < -0.4 is 10.9 Å². The van der Waals surface area contributed by atoms with Gasteiger partial charge in [0, 0.05) is 11.3 Å². The van der Waals surface area contributed by atoms with Gasteiger partial charge in [0.25, 0.3) is 11.8 Å². The average Bonchev–Trinajstić information content (AvgIpc) is 3.44. The molecular formula is C19H18N4O3S. The van der Waals surface area contributed by atoms with Crippen LogP contribution in [0.15, 0.2) is 24.3 Å². The smallest absolute Gasteiger partial charge is 0.280 e. The summed E-state index contributed by atoms with van der Waals surface area (Å²) >= 11 is 1.29. The number of para-hydroxylation sites is 1. The lowest BCUT2D eigenvalue weighted by molar-refractivity contribution is 0.0847. The summed E-state index contributed by atoms with van der Waals surface area (Å²) in [7, 11) is 0. The third kappa shape index (κ3) is 3.23. The fourth-order valence-electron chi connectivity index (χ4n) is 3.00. The highest BCUT2D eigenvalue weighted by Gasteiger charge is 2.28. The molecule has 8 heteroatoms. The van der Waals surface area contributed by atoms with Crippen LogP contribution in [-0.2, 0) is 0 Å². The summed E-state index contributed by atoms with van der Waals surface area (Å²) in [6.07, 6.45) is 2.22. The number of phenols is 1. The van der Waals surface area contributed by atoms with Crippen molar-refractivity contribution in [1.82, 2.24) is 20.8 Å². The maximum Gasteiger partial charge on any atom is 0.280 e. The molecular weight excluding hydrogens is 364 g/mol. The summed E-state index contributed by atoms with van der Waals surface area (Å²) in [4.78, 5) is 35.2. The van der Waals surface area contributed by atoms with Gasteiger partial charge in [0.2, 0.25) is 0 Å². The minimum absolute atomic E-state index is 0.0849. The first-order valence-electron chi connectivity index (χ1n) is 8.62. The van der Waals surface area contributed by atoms with Crippen molar-refractivity contribution in [2.75, 3.05) is 0 Å². The van der Waals surface area contributed by atoms with Gasteiger partial charge in [0.1, 0.15) is 16.4 Å². The van der Waals surface area contributed by atoms with Crippen LogP contribution >= 0.6 is 11.3 Å². The maximum atomic E-state index is 12.6. The lowest BCUT2D eigenvalue weighted by Crippen LogP contribution is -2.41. The lowest BCUT2D eigenvalue weighted by Gasteiger charge is -2.08. The molecule has 2 heterocycles. The van der Waals surface area contributed by atoms with Gasteiger partial charge in [-0.05, 0) is 44.4 Å². The predicted octanol–water partition coefficient (Wildman–Crippen LogP) is 2.97. The Bertz CT molecular complexity index is 1070. The van der Waals surface area contributed by atoms with Crippen LogP contribution in [0.25, 0.3) is 10.2 Å². The van der Waals surface area contributed by atoms with Gasteiger partial charge < -0.3 is 5.11 Å². The Morgan fingerprint density at radius 2 is 1.81 bits per heavy atom. The summed E-state index contributed by atoms with van der Waals surface area (Å²) in [5, 5.41) is 10.6. The zero-order valence-electron chi connectivity index (χ0n) is 14.9. The molecule has 1 fully saturated rings. The minimum atomic E-state index is -0.591. The highest BCUT2D eigenvalue weighted by molar-refractivity contribution is 7.20. The number of nitrogens with zero attached hydrogens (tertiary/aromatic N) is 2. The fourth-order valence-corrected chi connectivity index (χ4v) is 4.14. The van der Waals surface area contributed by atoms with Crippen molar-refractivity contribution in [3.05, 3.63) is 51.8 Å². The Labute approximate surface area is 159 Å². The molecule has 138 valence electrons. The molecule has 1 aromatic carbocycles. The monoisotopic (exact) mass is 382 g/mol. The molecule has 0 unspecified atom stereocenters. The molecule has 0 radical (unpaired) electrons. The number of aromatic hydroxyl groups is 1. The van der Waals surface area contributed by atoms with Crippen molar-refractivity contribution >= 4 is 33.4 Å². The van der Waals surface area contributed by atoms with Crippen LogP contribution in [0.5, 0.6) is 5.75 Å². The standard InChI is InChI=1S/C19H18N4O3S/c1-9-14-10(2)20-16(11-7-8-11)21-19(14)27-15(9)18(26)23-22-17(25)12-5-3-4-6-13(12)24/h3-6,11,24H,7-8H2,1-2H3,(H,22,25)(H,23,26). The first-order chi connectivity index (χ1) is 13.0. The highest BCUT2D eigenvalue weighted by atomic mass is 32.1. The number of hydrazine groups is 1. The van der Waals surface area contributed by atoms with Gasteiger partial charge in [0.05, 0.1) is 16.1 Å². The molecule has 4 rings (SSSR count). The number of carbonyl (C=O) groups is 2. The third-order valence-electron chi connectivity index (χ3n) is 4.58. The van der Waals surface area contributed by atoms with Gasteiger partial charge in [-0.2, -0.15) is 0 Å². The van der Waals surface area contributed by atoms with Crippen molar-refractivity contribution in [3.8, 4) is 5.75 Å². The molecule has 1 saturated carbocycles. The fraction of sp³-hybridized carbons (Fsp3) is 0.263. The molecule has 0 saturated heterocycles. The van der Waals surface area contributed by atoms with E-state index in [4.69, 9.17) is 0 Å². The van der Waals surface area contributed by atoms with E-state index in [9.17, 15) is 14.7 Å². The number of hydrogen-bond donors (Lipinski definition) is 3. The molecule has 2 aromatic heterocycles. The Balaban J connectivity index is 1.56. The van der Waals surface area contributed by atoms with Gasteiger partial charge in [-0.15, -0.1) is 11.3 Å². The van der Waals surface area contributed by atoms with E-state index in [0.717, 1.165) is 40.1 Å². The molecule has 0 spiro atoms. The van der Waals surface area contributed by atoms with Gasteiger partial charge in [0.15, 0.2) is 0 Å². The van der Waals surface area contributed by atoms with Crippen molar-refractivity contribution in [1.29, 1.82) is 0 Å². The molecule has 7 nitrogen and oxygen atoms in total. The number of hydrogen-bond acceptors (Lipinski definition) is 6. The summed E-state index contributed by atoms with van der Waals surface area (Å²) in [5.41, 5.74) is 6.49. The normalized spacial score (nSPS) is 13.6. The second-order valence-electron chi connectivity index (χ2n) is 6.60. The van der Waals surface area contributed by atoms with Crippen LogP contribution in [0.1, 0.15) is 55.9 Å². The van der Waals surface area contributed by atoms with E-state index in [2.05, 4.69) is 20.8 Å². The first-order valence-corrected chi connectivity index (χ1v) is 9.43. The lowest BCUT2D eigenvalue weighted by atomic mass is 10.1. The van der Waals surface area contributed by atoms with E-state index in [1.807, 2.05) is 13.8 Å². The van der Waals surface area contributed by atoms with Crippen LogP contribution in [0.3, 0.4) is 0 Å². The number of benzene rings is 1. The number of fused-ring (bicyclic) bond motifs is 1. The predicted molar refractivity (Wildman–Crippen MR) is 102 cm³/mol. The largest absolute Gasteiger partial charge is 0.507 e. The molecule has 0 aliphatic heterocycles. The molecule has 2 amide bonds. The zero-order chi connectivity index (χ0) is 19.1. The maximum absolute atomic E-state index is 12.6. The number of aryl methyl sites for hydroxylation is 2. The van der Waals surface area contributed by atoms with E-state index in [0.29, 0.717) is 10.8 Å². The van der Waals surface area contributed by atoms with Gasteiger partial charge in [-0.25, -0.2) is 9.97 Å². The number of amides is 2. The molecule has 0 bridgehead atoms. The van der Waals surface area contributed by atoms with Gasteiger partial charge >= 0.3 is 0 Å². The zero-order valence-corrected chi connectivity index (χ0v) is 15.7. The topological polar surface area (TPSA) is 104 Å². The van der Waals surface area contributed by atoms with Crippen molar-refractivity contribution in [3.63, 3.8) is 0 Å². The van der Waals surface area contributed by atoms with Crippen LogP contribution in [-0.4, -0.2) is 26.9 Å². The van der Waals surface area contributed by atoms with Gasteiger partial charge in [-0.1, -0.05) is 12.1 Å². The van der Waals surface area contributed by atoms with Crippen LogP contribution in [0.2, 0.25) is 0 Å². The van der Waals surface area contributed by atoms with Gasteiger partial charge in [-0.3, -0.25) is 20.4 Å². The van der Waals surface area contributed by atoms with E-state index in [1.54, 1.807) is 12.1 Å². The van der Waals surface area contributed by atoms with Crippen LogP contribution in [0, 0.1) is 13.8 Å². The molecule has 1 aliphatic rings. The summed E-state index contributed by atoms with van der Waals surface area (Å²) in [6, 6.07) is 6.13. The molecule has 0 atom stereocenters. The number of phenolic OH excluding ortho intramolecular Hbond substituents is 1. The molecule has 3 aromatic rings. The summed E-state index contributed by atoms with van der Waals surface area (Å²) in [6.45, 7) is 3.78. The quantitative estimate of drug-likeness (QED) is 0.604. The van der Waals surface area contributed by atoms with Crippen molar-refractivity contribution < 1.29 is 14.7 Å². The Hall–Kier alpha value is -3.00. The van der Waals surface area contributed by atoms with E-state index >= 15 is 0 Å².